The van der Waals surface area contributed by atoms with Gasteiger partial charge in [-0.1, -0.05) is 449 Å². The second-order valence-corrected chi connectivity index (χ2v) is 41.0. The van der Waals surface area contributed by atoms with Crippen LogP contribution >= 0.6 is 22.7 Å². The highest BCUT2D eigenvalue weighted by molar-refractivity contribution is 7.26. The van der Waals surface area contributed by atoms with Gasteiger partial charge in [-0.3, -0.25) is 0 Å². The smallest absolute Gasteiger partial charge is 0.161 e. The Hall–Kier alpha value is -17.5. The van der Waals surface area contributed by atoms with Crippen molar-refractivity contribution in [1.29, 1.82) is 0 Å². The summed E-state index contributed by atoms with van der Waals surface area (Å²) < 4.78 is 5.20. The minimum atomic E-state index is -0.741. The molecule has 4 aromatic heterocycles. The van der Waals surface area contributed by atoms with Gasteiger partial charge in [0, 0.05) is 73.7 Å². The summed E-state index contributed by atoms with van der Waals surface area (Å²) >= 11 is 3.86. The van der Waals surface area contributed by atoms with Gasteiger partial charge in [-0.15, -0.1) is 22.7 Å². The first-order chi connectivity index (χ1) is 70.4. The monoisotopic (exact) mass is 1830 g/mol. The first kappa shape index (κ1) is 79.5. The number of benzene rings is 21. The van der Waals surface area contributed by atoms with Gasteiger partial charge < -0.3 is 0 Å². The number of nitrogens with zero attached hydrogens (tertiary/aromatic N) is 4. The Morgan fingerprint density at radius 3 is 0.951 bits per heavy atom. The molecule has 0 N–H and O–H groups in total. The third-order valence-electron chi connectivity index (χ3n) is 32.3. The number of thiophene rings is 2. The van der Waals surface area contributed by atoms with E-state index in [0.717, 1.165) is 94.7 Å². The molecule has 31 rings (SSSR count). The molecular formula is C136H80N4S2. The summed E-state index contributed by atoms with van der Waals surface area (Å²) in [5.74, 6) is 1.33. The zero-order valence-electron chi connectivity index (χ0n) is 76.8. The Kier molecular flexibility index (Phi) is 16.8. The maximum absolute atomic E-state index is 5.70. The van der Waals surface area contributed by atoms with Crippen LogP contribution in [-0.4, -0.2) is 19.9 Å². The molecule has 0 atom stereocenters. The fourth-order valence-corrected chi connectivity index (χ4v) is 29.4. The number of fused-ring (bicyclic) bond motifs is 41. The molecule has 21 aromatic carbocycles. The molecule has 0 radical (unpaired) electrons. The summed E-state index contributed by atoms with van der Waals surface area (Å²) in [5, 5.41) is 7.36. The summed E-state index contributed by atoms with van der Waals surface area (Å²) in [5.41, 5.74) is 44.6. The molecule has 6 aliphatic rings. The maximum Gasteiger partial charge on any atom is 0.161 e. The molecular weight excluding hydrogens is 1750 g/mol. The Bertz CT molecular complexity index is 9580. The average molecular weight is 1830 g/mol. The Balaban J connectivity index is 0.508. The quantitative estimate of drug-likeness (QED) is 0.145. The highest BCUT2D eigenvalue weighted by Gasteiger charge is 2.62. The van der Waals surface area contributed by atoms with E-state index < -0.39 is 21.7 Å². The Labute approximate surface area is 829 Å². The van der Waals surface area contributed by atoms with E-state index in [2.05, 4.69) is 485 Å². The predicted octanol–water partition coefficient (Wildman–Crippen LogP) is 34.2. The molecule has 0 saturated heterocycles. The molecule has 656 valence electrons. The van der Waals surface area contributed by atoms with Gasteiger partial charge in [0.1, 0.15) is 0 Å². The molecule has 142 heavy (non-hydrogen) atoms. The lowest BCUT2D eigenvalue weighted by atomic mass is 9.52. The Morgan fingerprint density at radius 2 is 0.465 bits per heavy atom. The molecule has 0 fully saturated rings. The predicted molar refractivity (Wildman–Crippen MR) is 586 cm³/mol. The van der Waals surface area contributed by atoms with E-state index in [-0.39, 0.29) is 0 Å². The molecule has 0 aliphatic heterocycles. The van der Waals surface area contributed by atoms with Gasteiger partial charge in [0.15, 0.2) is 11.6 Å². The van der Waals surface area contributed by atoms with Crippen LogP contribution in [0.25, 0.3) is 197 Å². The Morgan fingerprint density at radius 1 is 0.155 bits per heavy atom. The van der Waals surface area contributed by atoms with E-state index in [9.17, 15) is 0 Å². The highest BCUT2D eigenvalue weighted by atomic mass is 32.1. The van der Waals surface area contributed by atoms with E-state index in [1.54, 1.807) is 0 Å². The van der Waals surface area contributed by atoms with E-state index >= 15 is 0 Å². The largest absolute Gasteiger partial charge is 0.228 e. The molecule has 6 aliphatic carbocycles. The van der Waals surface area contributed by atoms with Crippen molar-refractivity contribution in [1.82, 2.24) is 19.9 Å². The fraction of sp³-hybridized carbons (Fsp3) is 0.0294. The third kappa shape index (κ3) is 10.7. The van der Waals surface area contributed by atoms with Gasteiger partial charge in [0.2, 0.25) is 0 Å². The number of hydrogen-bond acceptors (Lipinski definition) is 6. The van der Waals surface area contributed by atoms with E-state index in [0.29, 0.717) is 11.6 Å². The van der Waals surface area contributed by atoms with Crippen LogP contribution in [0.5, 0.6) is 0 Å². The first-order valence-corrected chi connectivity index (χ1v) is 50.7. The zero-order valence-corrected chi connectivity index (χ0v) is 78.4. The minimum Gasteiger partial charge on any atom is -0.228 e. The molecule has 4 heterocycles. The van der Waals surface area contributed by atoms with E-state index in [4.69, 9.17) is 19.9 Å². The zero-order chi connectivity index (χ0) is 92.8. The van der Waals surface area contributed by atoms with Crippen LogP contribution in [0.4, 0.5) is 0 Å². The normalized spacial score (nSPS) is 14.1. The van der Waals surface area contributed by atoms with Gasteiger partial charge in [0.25, 0.3) is 0 Å². The molecule has 0 saturated carbocycles. The van der Waals surface area contributed by atoms with Gasteiger partial charge in [-0.25, -0.2) is 19.9 Å². The second-order valence-electron chi connectivity index (χ2n) is 38.9. The topological polar surface area (TPSA) is 51.6 Å². The summed E-state index contributed by atoms with van der Waals surface area (Å²) in [6.07, 6.45) is 0. The minimum absolute atomic E-state index is 0.571. The van der Waals surface area contributed by atoms with Crippen molar-refractivity contribution in [3.63, 3.8) is 0 Å². The van der Waals surface area contributed by atoms with Crippen molar-refractivity contribution in [2.24, 2.45) is 0 Å². The average Bonchev–Trinajstić information content (AvgIpc) is 1.46. The van der Waals surface area contributed by atoms with Crippen LogP contribution < -0.4 is 0 Å². The van der Waals surface area contributed by atoms with Crippen molar-refractivity contribution in [2.45, 2.75) is 21.7 Å². The maximum atomic E-state index is 5.70. The highest BCUT2D eigenvalue weighted by Crippen LogP contribution is 2.73. The van der Waals surface area contributed by atoms with Crippen LogP contribution in [0.2, 0.25) is 0 Å². The van der Waals surface area contributed by atoms with Crippen molar-refractivity contribution in [3.8, 4) is 146 Å². The number of rotatable bonds is 9. The van der Waals surface area contributed by atoms with Crippen LogP contribution in [0, 0.1) is 0 Å². The lowest BCUT2D eigenvalue weighted by Crippen LogP contribution is -2.43. The van der Waals surface area contributed by atoms with Crippen molar-refractivity contribution in [2.75, 3.05) is 0 Å². The molecule has 0 unspecified atom stereocenters. The van der Waals surface area contributed by atoms with Crippen LogP contribution in [0.1, 0.15) is 89.0 Å². The summed E-state index contributed by atoms with van der Waals surface area (Å²) in [6, 6.07) is 183. The van der Waals surface area contributed by atoms with Crippen LogP contribution in [-0.2, 0) is 21.7 Å². The van der Waals surface area contributed by atoms with Gasteiger partial charge in [0.05, 0.1) is 44.4 Å². The van der Waals surface area contributed by atoms with Gasteiger partial charge >= 0.3 is 0 Å². The van der Waals surface area contributed by atoms with Crippen LogP contribution in [0.3, 0.4) is 0 Å². The lowest BCUT2D eigenvalue weighted by molar-refractivity contribution is 0.636. The molecule has 4 nitrogen and oxygen atoms in total. The molecule has 4 spiro atoms. The summed E-state index contributed by atoms with van der Waals surface area (Å²) in [4.78, 5) is 22.5. The molecule has 0 bridgehead atoms. The van der Waals surface area contributed by atoms with Crippen LogP contribution in [0.15, 0.2) is 485 Å². The second kappa shape index (κ2) is 30.0. The van der Waals surface area contributed by atoms with Crippen molar-refractivity contribution in [3.05, 3.63) is 574 Å². The number of aromatic nitrogens is 4. The standard InChI is InChI=1S/C136H80N4S2/c1-2-32-86(33-3-1)131-137-120(80-122(140-131)102-48-30-62-118-126(102)104-76-74-100-98-45-11-25-64-124(98)142-130(100)128(104)136(118)115-59-22-18-55-111(115)134(112-56-19-23-60-116(112)136)107-51-14-8-42-95(107)96-43-9-15-52-108(96)134)85-71-67-82(68-72-85)88-36-26-35-87(77-88)81-65-69-84(70-66-81)119-79-121(139-132(138-119)101-47-28-34-83-31-4-5-39-91(83)101)90-38-27-37-89(78-90)92-46-29-61-117-125(92)103-75-73-99-97-44-10-24-63-123(97)141-129(99)127(103)135(117)113-57-20-16-53-109(113)133(110-54-17-21-58-114(110)135)105-49-12-6-40-93(105)94-41-7-13-50-106(94)133/h1-80H. The summed E-state index contributed by atoms with van der Waals surface area (Å²) in [7, 11) is 0. The van der Waals surface area contributed by atoms with Gasteiger partial charge in [-0.05, 0) is 214 Å². The lowest BCUT2D eigenvalue weighted by Gasteiger charge is -2.49. The first-order valence-electron chi connectivity index (χ1n) is 49.1. The number of hydrogen-bond donors (Lipinski definition) is 0. The molecule has 0 amide bonds. The van der Waals surface area contributed by atoms with Crippen molar-refractivity contribution < 1.29 is 0 Å². The van der Waals surface area contributed by atoms with Crippen molar-refractivity contribution >= 4 is 73.8 Å². The third-order valence-corrected chi connectivity index (χ3v) is 34.7. The fourth-order valence-electron chi connectivity index (χ4n) is 26.8. The molecule has 25 aromatic rings. The van der Waals surface area contributed by atoms with Gasteiger partial charge in [-0.2, -0.15) is 0 Å². The van der Waals surface area contributed by atoms with E-state index in [1.807, 2.05) is 22.7 Å². The molecule has 6 heteroatoms. The SMILES string of the molecule is c1ccc(-c2nc(-c3ccc(-c4cccc(-c5ccc(-c6cc(-c7cccc(-c8cccc9c8-c8ccc%10c(sc%11ccccc%11%10)c8C98c9ccccc9C9(c%10ccccc%10-c%10ccccc%109)c9ccccc98)c7)nc(-c7cccc8ccccc78)n6)cc5)c4)cc3)cc(-c3cccc4c3-c3ccc5c(sc6ccccc65)c3C43c4ccccc4C4(c5ccccc5-c5ccccc54)c4ccccc43)n2)cc1. The summed E-state index contributed by atoms with van der Waals surface area (Å²) in [6.45, 7) is 0. The van der Waals surface area contributed by atoms with E-state index in [1.165, 1.54) is 179 Å².